The van der Waals surface area contributed by atoms with Gasteiger partial charge in [0.2, 0.25) is 0 Å². The van der Waals surface area contributed by atoms with Crippen molar-refractivity contribution in [1.29, 1.82) is 0 Å². The van der Waals surface area contributed by atoms with E-state index in [0.29, 0.717) is 0 Å². The SMILES string of the molecule is CCCCCC1CCC(C2CCc3cc(-c4ccc(OC(F)(F)F)cc4)ccc3C2)CC1. The fraction of sp³-hybridized carbons (Fsp3) is 0.571. The normalized spacial score (nSPS) is 23.6. The zero-order chi connectivity index (χ0) is 22.6. The zero-order valence-corrected chi connectivity index (χ0v) is 19.1. The number of ether oxygens (including phenoxy) is 1. The van der Waals surface area contributed by atoms with E-state index in [9.17, 15) is 13.2 Å². The number of alkyl halides is 3. The largest absolute Gasteiger partial charge is 0.573 e. The Morgan fingerprint density at radius 1 is 0.812 bits per heavy atom. The minimum atomic E-state index is -4.65. The number of benzene rings is 2. The number of fused-ring (bicyclic) bond motifs is 1. The molecule has 4 heteroatoms. The molecule has 0 aromatic heterocycles. The van der Waals surface area contributed by atoms with Crippen molar-refractivity contribution in [2.45, 2.75) is 83.9 Å². The van der Waals surface area contributed by atoms with Crippen molar-refractivity contribution >= 4 is 0 Å². The first kappa shape index (κ1) is 23.2. The van der Waals surface area contributed by atoms with E-state index in [2.05, 4.69) is 29.9 Å². The van der Waals surface area contributed by atoms with Crippen molar-refractivity contribution in [3.8, 4) is 16.9 Å². The predicted octanol–water partition coefficient (Wildman–Crippen LogP) is 8.74. The second-order valence-electron chi connectivity index (χ2n) is 9.84. The summed E-state index contributed by atoms with van der Waals surface area (Å²) in [6.45, 7) is 2.28. The predicted molar refractivity (Wildman–Crippen MR) is 124 cm³/mol. The van der Waals surface area contributed by atoms with E-state index in [1.54, 1.807) is 12.1 Å². The molecule has 1 atom stereocenters. The summed E-state index contributed by atoms with van der Waals surface area (Å²) in [5.41, 5.74) is 4.86. The van der Waals surface area contributed by atoms with Gasteiger partial charge in [-0.1, -0.05) is 75.8 Å². The van der Waals surface area contributed by atoms with E-state index in [4.69, 9.17) is 0 Å². The third-order valence-electron chi connectivity index (χ3n) is 7.67. The molecule has 4 rings (SSSR count). The van der Waals surface area contributed by atoms with Crippen LogP contribution in [0, 0.1) is 17.8 Å². The molecule has 174 valence electrons. The van der Waals surface area contributed by atoms with E-state index >= 15 is 0 Å². The van der Waals surface area contributed by atoms with Crippen LogP contribution in [-0.2, 0) is 12.8 Å². The van der Waals surface area contributed by atoms with Gasteiger partial charge in [-0.15, -0.1) is 13.2 Å². The maximum Gasteiger partial charge on any atom is 0.573 e. The summed E-state index contributed by atoms with van der Waals surface area (Å²) in [5, 5.41) is 0. The van der Waals surface area contributed by atoms with E-state index in [-0.39, 0.29) is 5.75 Å². The first-order chi connectivity index (χ1) is 15.4. The fourth-order valence-electron chi connectivity index (χ4n) is 5.85. The maximum atomic E-state index is 12.4. The number of rotatable bonds is 7. The van der Waals surface area contributed by atoms with Gasteiger partial charge in [0.05, 0.1) is 0 Å². The van der Waals surface area contributed by atoms with Crippen molar-refractivity contribution in [3.63, 3.8) is 0 Å². The molecule has 0 amide bonds. The van der Waals surface area contributed by atoms with Crippen molar-refractivity contribution < 1.29 is 17.9 Å². The van der Waals surface area contributed by atoms with Crippen LogP contribution in [-0.4, -0.2) is 6.36 Å². The molecule has 0 aliphatic heterocycles. The lowest BCUT2D eigenvalue weighted by Gasteiger charge is -2.36. The monoisotopic (exact) mass is 444 g/mol. The molecule has 0 radical (unpaired) electrons. The molecule has 2 aliphatic rings. The Kier molecular flexibility index (Phi) is 7.48. The number of unbranched alkanes of at least 4 members (excludes halogenated alkanes) is 2. The molecule has 0 N–H and O–H groups in total. The van der Waals surface area contributed by atoms with Crippen LogP contribution in [0.25, 0.3) is 11.1 Å². The first-order valence-corrected chi connectivity index (χ1v) is 12.4. The van der Waals surface area contributed by atoms with Gasteiger partial charge in [-0.2, -0.15) is 0 Å². The van der Waals surface area contributed by atoms with Gasteiger partial charge >= 0.3 is 6.36 Å². The standard InChI is InChI=1S/C28H35F3O/c1-2-3-4-5-20-6-8-21(9-7-20)23-10-12-26-19-24(11-13-25(26)18-23)22-14-16-27(17-15-22)32-28(29,30)31/h11,13-17,19-21,23H,2-10,12,18H2,1H3. The molecule has 0 bridgehead atoms. The molecular weight excluding hydrogens is 409 g/mol. The summed E-state index contributed by atoms with van der Waals surface area (Å²) in [6.07, 6.45) is 10.1. The van der Waals surface area contributed by atoms with Crippen LogP contribution in [0.15, 0.2) is 42.5 Å². The number of aryl methyl sites for hydroxylation is 1. The van der Waals surface area contributed by atoms with E-state index in [0.717, 1.165) is 35.3 Å². The van der Waals surface area contributed by atoms with E-state index < -0.39 is 6.36 Å². The molecule has 1 saturated carbocycles. The molecule has 2 aromatic carbocycles. The maximum absolute atomic E-state index is 12.4. The Balaban J connectivity index is 1.34. The third-order valence-corrected chi connectivity index (χ3v) is 7.67. The summed E-state index contributed by atoms with van der Waals surface area (Å²) in [6, 6.07) is 12.8. The summed E-state index contributed by atoms with van der Waals surface area (Å²) in [7, 11) is 0. The van der Waals surface area contributed by atoms with Crippen LogP contribution in [0.1, 0.15) is 75.8 Å². The Morgan fingerprint density at radius 2 is 1.53 bits per heavy atom. The second kappa shape index (κ2) is 10.3. The van der Waals surface area contributed by atoms with Crippen LogP contribution in [0.2, 0.25) is 0 Å². The molecule has 1 unspecified atom stereocenters. The molecule has 0 saturated heterocycles. The molecule has 1 fully saturated rings. The van der Waals surface area contributed by atoms with E-state index in [1.807, 2.05) is 0 Å². The molecule has 2 aromatic rings. The molecule has 0 spiro atoms. The summed E-state index contributed by atoms with van der Waals surface area (Å²) < 4.78 is 41.1. The van der Waals surface area contributed by atoms with Crippen molar-refractivity contribution in [1.82, 2.24) is 0 Å². The molecule has 0 heterocycles. The highest BCUT2D eigenvalue weighted by molar-refractivity contribution is 5.66. The topological polar surface area (TPSA) is 9.23 Å². The van der Waals surface area contributed by atoms with Crippen molar-refractivity contribution in [2.75, 3.05) is 0 Å². The Labute approximate surface area is 190 Å². The highest BCUT2D eigenvalue weighted by Gasteiger charge is 2.31. The average Bonchev–Trinajstić information content (AvgIpc) is 2.78. The molecule has 1 nitrogen and oxygen atoms in total. The molecular formula is C28H35F3O. The highest BCUT2D eigenvalue weighted by atomic mass is 19.4. The van der Waals surface area contributed by atoms with Gasteiger partial charge in [-0.3, -0.25) is 0 Å². The quantitative estimate of drug-likeness (QED) is 0.388. The van der Waals surface area contributed by atoms with Gasteiger partial charge in [0.15, 0.2) is 0 Å². The number of halogens is 3. The lowest BCUT2D eigenvalue weighted by molar-refractivity contribution is -0.274. The first-order valence-electron chi connectivity index (χ1n) is 12.4. The van der Waals surface area contributed by atoms with Crippen LogP contribution in [0.4, 0.5) is 13.2 Å². The Hall–Kier alpha value is -1.97. The van der Waals surface area contributed by atoms with Crippen LogP contribution >= 0.6 is 0 Å². The molecule has 2 aliphatic carbocycles. The lowest BCUT2D eigenvalue weighted by atomic mass is 9.69. The van der Waals surface area contributed by atoms with Gasteiger partial charge in [0, 0.05) is 0 Å². The van der Waals surface area contributed by atoms with Gasteiger partial charge in [0.25, 0.3) is 0 Å². The third kappa shape index (κ3) is 6.08. The van der Waals surface area contributed by atoms with E-state index in [1.165, 1.54) is 87.5 Å². The lowest BCUT2D eigenvalue weighted by Crippen LogP contribution is -2.26. The zero-order valence-electron chi connectivity index (χ0n) is 19.1. The van der Waals surface area contributed by atoms with Gasteiger partial charge in [0.1, 0.15) is 5.75 Å². The smallest absolute Gasteiger partial charge is 0.406 e. The molecule has 32 heavy (non-hydrogen) atoms. The second-order valence-corrected chi connectivity index (χ2v) is 9.84. The number of hydrogen-bond donors (Lipinski definition) is 0. The van der Waals surface area contributed by atoms with Crippen LogP contribution < -0.4 is 4.74 Å². The van der Waals surface area contributed by atoms with Gasteiger partial charge < -0.3 is 4.74 Å². The van der Waals surface area contributed by atoms with Crippen molar-refractivity contribution in [2.24, 2.45) is 17.8 Å². The average molecular weight is 445 g/mol. The summed E-state index contributed by atoms with van der Waals surface area (Å²) >= 11 is 0. The van der Waals surface area contributed by atoms with Crippen molar-refractivity contribution in [3.05, 3.63) is 53.6 Å². The Bertz CT molecular complexity index is 863. The Morgan fingerprint density at radius 3 is 2.22 bits per heavy atom. The minimum Gasteiger partial charge on any atom is -0.406 e. The van der Waals surface area contributed by atoms with Gasteiger partial charge in [-0.25, -0.2) is 0 Å². The van der Waals surface area contributed by atoms with Gasteiger partial charge in [-0.05, 0) is 84.2 Å². The summed E-state index contributed by atoms with van der Waals surface area (Å²) in [4.78, 5) is 0. The van der Waals surface area contributed by atoms with Crippen LogP contribution in [0.5, 0.6) is 5.75 Å². The van der Waals surface area contributed by atoms with Crippen LogP contribution in [0.3, 0.4) is 0 Å². The highest BCUT2D eigenvalue weighted by Crippen LogP contribution is 2.41. The fourth-order valence-corrected chi connectivity index (χ4v) is 5.85. The summed E-state index contributed by atoms with van der Waals surface area (Å²) in [5.74, 6) is 2.47. The minimum absolute atomic E-state index is 0.179. The number of hydrogen-bond acceptors (Lipinski definition) is 1.